The summed E-state index contributed by atoms with van der Waals surface area (Å²) in [5.41, 5.74) is 1.41. The summed E-state index contributed by atoms with van der Waals surface area (Å²) in [6.45, 7) is 0. The molecule has 0 spiro atoms. The Kier molecular flexibility index (Phi) is 4.23. The molecule has 0 fully saturated rings. The Balaban J connectivity index is 2.00. The number of hydrazone groups is 1. The lowest BCUT2D eigenvalue weighted by Gasteiger charge is -2.18. The van der Waals surface area contributed by atoms with Crippen LogP contribution < -0.4 is 9.47 Å². The lowest BCUT2D eigenvalue weighted by molar-refractivity contribution is 0.322. The first-order chi connectivity index (χ1) is 11.4. The number of rotatable bonds is 5. The SMILES string of the molecule is COc1ccc(C2=NN(S(C)(=O)=O)[C@@H](c3ccco3)C2)cc1OC. The highest BCUT2D eigenvalue weighted by Gasteiger charge is 2.36. The van der Waals surface area contributed by atoms with Gasteiger partial charge in [0.15, 0.2) is 11.5 Å². The predicted molar refractivity (Wildman–Crippen MR) is 88.8 cm³/mol. The van der Waals surface area contributed by atoms with Gasteiger partial charge in [0, 0.05) is 12.0 Å². The molecule has 128 valence electrons. The zero-order valence-corrected chi connectivity index (χ0v) is 14.4. The van der Waals surface area contributed by atoms with E-state index in [1.54, 1.807) is 38.5 Å². The monoisotopic (exact) mass is 350 g/mol. The quantitative estimate of drug-likeness (QED) is 0.827. The van der Waals surface area contributed by atoms with Crippen molar-refractivity contribution in [3.05, 3.63) is 47.9 Å². The van der Waals surface area contributed by atoms with Crippen molar-refractivity contribution in [2.75, 3.05) is 20.5 Å². The van der Waals surface area contributed by atoms with Crippen LogP contribution in [0.25, 0.3) is 0 Å². The fraction of sp³-hybridized carbons (Fsp3) is 0.312. The number of nitrogens with zero attached hydrogens (tertiary/aromatic N) is 2. The maximum Gasteiger partial charge on any atom is 0.247 e. The molecule has 0 aliphatic carbocycles. The van der Waals surface area contributed by atoms with Crippen molar-refractivity contribution in [1.82, 2.24) is 4.41 Å². The predicted octanol–water partition coefficient (Wildman–Crippen LogP) is 2.41. The molecule has 0 saturated carbocycles. The number of methoxy groups -OCH3 is 2. The van der Waals surface area contributed by atoms with Gasteiger partial charge >= 0.3 is 0 Å². The molecule has 24 heavy (non-hydrogen) atoms. The van der Waals surface area contributed by atoms with Crippen LogP contribution in [0, 0.1) is 0 Å². The summed E-state index contributed by atoms with van der Waals surface area (Å²) < 4.78 is 41.1. The van der Waals surface area contributed by atoms with E-state index in [1.165, 1.54) is 6.26 Å². The molecule has 0 amide bonds. The van der Waals surface area contributed by atoms with Crippen molar-refractivity contribution in [3.63, 3.8) is 0 Å². The average molecular weight is 350 g/mol. The molecule has 2 heterocycles. The van der Waals surface area contributed by atoms with Gasteiger partial charge in [0.2, 0.25) is 10.0 Å². The maximum absolute atomic E-state index is 12.1. The number of hydrogen-bond donors (Lipinski definition) is 0. The summed E-state index contributed by atoms with van der Waals surface area (Å²) >= 11 is 0. The molecule has 0 N–H and O–H groups in total. The Hall–Kier alpha value is -2.48. The standard InChI is InChI=1S/C16H18N2O5S/c1-21-15-7-6-11(9-16(15)22-2)12-10-13(14-5-4-8-23-14)18(17-12)24(3,19)20/h4-9,13H,10H2,1-3H3/t13-/m1/s1. The topological polar surface area (TPSA) is 81.3 Å². The van der Waals surface area contributed by atoms with Crippen LogP contribution in [-0.2, 0) is 10.0 Å². The van der Waals surface area contributed by atoms with Crippen molar-refractivity contribution in [2.45, 2.75) is 12.5 Å². The zero-order chi connectivity index (χ0) is 17.3. The number of furan rings is 1. The minimum Gasteiger partial charge on any atom is -0.493 e. The van der Waals surface area contributed by atoms with E-state index in [-0.39, 0.29) is 0 Å². The Morgan fingerprint density at radius 1 is 1.21 bits per heavy atom. The molecule has 0 unspecified atom stereocenters. The van der Waals surface area contributed by atoms with Crippen LogP contribution >= 0.6 is 0 Å². The van der Waals surface area contributed by atoms with Crippen molar-refractivity contribution in [2.24, 2.45) is 5.10 Å². The second-order valence-corrected chi connectivity index (χ2v) is 7.23. The fourth-order valence-corrected chi connectivity index (χ4v) is 3.57. The summed E-state index contributed by atoms with van der Waals surface area (Å²) in [6.07, 6.45) is 3.06. The number of sulfonamides is 1. The van der Waals surface area contributed by atoms with E-state index in [0.717, 1.165) is 16.2 Å². The lowest BCUT2D eigenvalue weighted by atomic mass is 10.0. The van der Waals surface area contributed by atoms with Gasteiger partial charge in [0.25, 0.3) is 0 Å². The molecule has 2 aromatic rings. The molecular weight excluding hydrogens is 332 g/mol. The molecule has 0 bridgehead atoms. The smallest absolute Gasteiger partial charge is 0.247 e. The second-order valence-electron chi connectivity index (χ2n) is 5.39. The van der Waals surface area contributed by atoms with Crippen LogP contribution in [0.4, 0.5) is 0 Å². The molecule has 3 rings (SSSR count). The van der Waals surface area contributed by atoms with Crippen LogP contribution in [0.1, 0.15) is 23.8 Å². The summed E-state index contributed by atoms with van der Waals surface area (Å²) in [4.78, 5) is 0. The van der Waals surface area contributed by atoms with Crippen molar-refractivity contribution in [1.29, 1.82) is 0 Å². The molecule has 1 aliphatic rings. The van der Waals surface area contributed by atoms with Gasteiger partial charge in [-0.1, -0.05) is 0 Å². The highest BCUT2D eigenvalue weighted by Crippen LogP contribution is 2.36. The molecule has 1 aromatic heterocycles. The Labute approximate surface area is 140 Å². The van der Waals surface area contributed by atoms with Crippen molar-refractivity contribution < 1.29 is 22.3 Å². The first kappa shape index (κ1) is 16.4. The largest absolute Gasteiger partial charge is 0.493 e. The van der Waals surface area contributed by atoms with Gasteiger partial charge in [-0.25, -0.2) is 8.42 Å². The van der Waals surface area contributed by atoms with Gasteiger partial charge in [0.05, 0.1) is 32.5 Å². The summed E-state index contributed by atoms with van der Waals surface area (Å²) in [6, 6.07) is 8.35. The number of hydrogen-bond acceptors (Lipinski definition) is 6. The van der Waals surface area contributed by atoms with E-state index in [1.807, 2.05) is 6.07 Å². The minimum atomic E-state index is -3.52. The van der Waals surface area contributed by atoms with Crippen LogP contribution in [0.3, 0.4) is 0 Å². The molecule has 7 nitrogen and oxygen atoms in total. The summed E-state index contributed by atoms with van der Waals surface area (Å²) in [5, 5.41) is 4.30. The minimum absolute atomic E-state index is 0.413. The molecule has 1 atom stereocenters. The van der Waals surface area contributed by atoms with Crippen LogP contribution in [-0.4, -0.2) is 39.0 Å². The first-order valence-electron chi connectivity index (χ1n) is 7.26. The van der Waals surface area contributed by atoms with Gasteiger partial charge in [0.1, 0.15) is 11.8 Å². The molecule has 0 radical (unpaired) electrons. The van der Waals surface area contributed by atoms with E-state index in [9.17, 15) is 8.42 Å². The normalized spacial score (nSPS) is 17.7. The highest BCUT2D eigenvalue weighted by molar-refractivity contribution is 7.88. The van der Waals surface area contributed by atoms with E-state index in [4.69, 9.17) is 13.9 Å². The third kappa shape index (κ3) is 2.96. The van der Waals surface area contributed by atoms with Gasteiger partial charge in [-0.15, -0.1) is 0 Å². The summed E-state index contributed by atoms with van der Waals surface area (Å²) in [5.74, 6) is 1.71. The zero-order valence-electron chi connectivity index (χ0n) is 13.6. The first-order valence-corrected chi connectivity index (χ1v) is 9.11. The maximum atomic E-state index is 12.1. The van der Waals surface area contributed by atoms with E-state index in [0.29, 0.717) is 29.4 Å². The molecule has 1 aromatic carbocycles. The van der Waals surface area contributed by atoms with Crippen LogP contribution in [0.5, 0.6) is 11.5 Å². The highest BCUT2D eigenvalue weighted by atomic mass is 32.2. The lowest BCUT2D eigenvalue weighted by Crippen LogP contribution is -2.25. The molecule has 1 aliphatic heterocycles. The van der Waals surface area contributed by atoms with Crippen molar-refractivity contribution in [3.8, 4) is 11.5 Å². The second kappa shape index (κ2) is 6.20. The third-order valence-electron chi connectivity index (χ3n) is 3.80. The van der Waals surface area contributed by atoms with Crippen LogP contribution in [0.2, 0.25) is 0 Å². The average Bonchev–Trinajstić information content (AvgIpc) is 3.22. The van der Waals surface area contributed by atoms with E-state index in [2.05, 4.69) is 5.10 Å². The number of benzene rings is 1. The Bertz CT molecular complexity index is 859. The van der Waals surface area contributed by atoms with E-state index >= 15 is 0 Å². The van der Waals surface area contributed by atoms with Gasteiger partial charge < -0.3 is 13.9 Å². The molecular formula is C16H18N2O5S. The van der Waals surface area contributed by atoms with E-state index < -0.39 is 16.1 Å². The Morgan fingerprint density at radius 3 is 2.54 bits per heavy atom. The van der Waals surface area contributed by atoms with Crippen molar-refractivity contribution >= 4 is 15.7 Å². The van der Waals surface area contributed by atoms with Gasteiger partial charge in [-0.2, -0.15) is 9.52 Å². The summed E-state index contributed by atoms with van der Waals surface area (Å²) in [7, 11) is -0.411. The third-order valence-corrected chi connectivity index (χ3v) is 4.82. The fourth-order valence-electron chi connectivity index (χ4n) is 2.68. The Morgan fingerprint density at radius 2 is 1.96 bits per heavy atom. The van der Waals surface area contributed by atoms with Crippen LogP contribution in [0.15, 0.2) is 46.1 Å². The van der Waals surface area contributed by atoms with Gasteiger partial charge in [-0.3, -0.25) is 0 Å². The van der Waals surface area contributed by atoms with Gasteiger partial charge in [-0.05, 0) is 30.3 Å². The molecule has 0 saturated heterocycles. The molecule has 8 heteroatoms. The number of ether oxygens (including phenoxy) is 2.